The van der Waals surface area contributed by atoms with Crippen LogP contribution in [0.1, 0.15) is 106 Å². The van der Waals surface area contributed by atoms with E-state index in [9.17, 15) is 18.8 Å². The average molecular weight is 712 g/mol. The van der Waals surface area contributed by atoms with E-state index < -0.39 is 5.82 Å². The Bertz CT molecular complexity index is 1840. The Kier molecular flexibility index (Phi) is 9.79. The van der Waals surface area contributed by atoms with Crippen LogP contribution in [0.15, 0.2) is 36.4 Å². The molecule has 4 fully saturated rings. The van der Waals surface area contributed by atoms with Crippen LogP contribution in [0.2, 0.25) is 0 Å². The van der Waals surface area contributed by atoms with Crippen LogP contribution in [0.25, 0.3) is 22.2 Å². The molecule has 3 aromatic rings. The third-order valence-electron chi connectivity index (χ3n) is 14.2. The molecular formula is C43H54FN3O5. The van der Waals surface area contributed by atoms with Crippen molar-refractivity contribution < 1.29 is 28.2 Å². The van der Waals surface area contributed by atoms with E-state index in [0.29, 0.717) is 80.1 Å². The number of carbonyl (C=O) groups is 3. The van der Waals surface area contributed by atoms with E-state index in [0.717, 1.165) is 77.6 Å². The number of H-pyrrole nitrogens is 1. The molecular weight excluding hydrogens is 657 g/mol. The molecule has 3 N–H and O–H groups in total. The summed E-state index contributed by atoms with van der Waals surface area (Å²) in [5, 5.41) is 6.64. The maximum atomic E-state index is 14.3. The van der Waals surface area contributed by atoms with Gasteiger partial charge in [0, 0.05) is 62.2 Å². The minimum absolute atomic E-state index is 0.0495. The Balaban J connectivity index is 0.748. The van der Waals surface area contributed by atoms with Gasteiger partial charge in [0.15, 0.2) is 0 Å². The number of halogens is 1. The van der Waals surface area contributed by atoms with Crippen molar-refractivity contribution in [3.05, 3.63) is 58.9 Å². The second-order valence-electron chi connectivity index (χ2n) is 16.9. The Hall–Kier alpha value is -3.56. The van der Waals surface area contributed by atoms with Crippen LogP contribution in [0.5, 0.6) is 0 Å². The summed E-state index contributed by atoms with van der Waals surface area (Å²) in [6.07, 6.45) is 12.3. The number of aromatic nitrogens is 1. The van der Waals surface area contributed by atoms with E-state index in [2.05, 4.69) is 29.5 Å². The van der Waals surface area contributed by atoms with Gasteiger partial charge in [-0.15, -0.1) is 0 Å². The van der Waals surface area contributed by atoms with Crippen LogP contribution in [0.4, 0.5) is 4.39 Å². The maximum absolute atomic E-state index is 14.3. The zero-order valence-electron chi connectivity index (χ0n) is 30.8. The van der Waals surface area contributed by atoms with Gasteiger partial charge in [-0.05, 0) is 121 Å². The molecule has 52 heavy (non-hydrogen) atoms. The highest BCUT2D eigenvalue weighted by Gasteiger charge is 2.60. The van der Waals surface area contributed by atoms with Gasteiger partial charge in [-0.2, -0.15) is 0 Å². The van der Waals surface area contributed by atoms with Crippen molar-refractivity contribution in [1.82, 2.24) is 15.6 Å². The van der Waals surface area contributed by atoms with E-state index in [1.165, 1.54) is 44.2 Å². The largest absolute Gasteiger partial charge is 0.381 e. The fourth-order valence-electron chi connectivity index (χ4n) is 11.4. The average Bonchev–Trinajstić information content (AvgIpc) is 3.61. The first kappa shape index (κ1) is 35.5. The summed E-state index contributed by atoms with van der Waals surface area (Å²) in [7, 11) is 0. The van der Waals surface area contributed by atoms with Crippen molar-refractivity contribution in [1.29, 1.82) is 0 Å². The smallest absolute Gasteiger partial charge is 0.252 e. The number of aromatic amines is 1. The third-order valence-corrected chi connectivity index (χ3v) is 14.2. The van der Waals surface area contributed by atoms with Crippen molar-refractivity contribution in [3.63, 3.8) is 0 Å². The van der Waals surface area contributed by atoms with E-state index in [4.69, 9.17) is 9.47 Å². The van der Waals surface area contributed by atoms with Gasteiger partial charge in [0.1, 0.15) is 11.6 Å². The van der Waals surface area contributed by atoms with E-state index >= 15 is 0 Å². The lowest BCUT2D eigenvalue weighted by atomic mass is 9.45. The molecule has 2 heterocycles. The van der Waals surface area contributed by atoms with E-state index in [-0.39, 0.29) is 17.2 Å². The molecule has 0 saturated heterocycles. The molecule has 4 aliphatic carbocycles. The van der Waals surface area contributed by atoms with Crippen LogP contribution in [-0.4, -0.2) is 55.1 Å². The van der Waals surface area contributed by atoms with Crippen molar-refractivity contribution in [3.8, 4) is 11.3 Å². The molecule has 5 aliphatic rings. The van der Waals surface area contributed by atoms with Crippen molar-refractivity contribution in [2.75, 3.05) is 26.4 Å². The van der Waals surface area contributed by atoms with Crippen molar-refractivity contribution >= 4 is 28.5 Å². The van der Waals surface area contributed by atoms with E-state index in [1.807, 2.05) is 24.3 Å². The number of ketones is 1. The molecule has 4 saturated carbocycles. The van der Waals surface area contributed by atoms with Gasteiger partial charge in [0.2, 0.25) is 5.91 Å². The number of fused-ring (bicyclic) bond motifs is 5. The van der Waals surface area contributed by atoms with Crippen LogP contribution < -0.4 is 10.6 Å². The van der Waals surface area contributed by atoms with Crippen LogP contribution >= 0.6 is 0 Å². The number of carbonyl (C=O) groups excluding carboxylic acids is 3. The molecule has 2 aromatic carbocycles. The first-order chi connectivity index (χ1) is 25.1. The summed E-state index contributed by atoms with van der Waals surface area (Å²) >= 11 is 0. The SMILES string of the molecule is C[C@]12CCC(=O)C[C@@H]1CC[C@@H]1[C@@H]2CC[C@]2(C)[C@@H](OCCCOCCC(=O)NCc3ccc(-c4[nH]c5cc(F)cc6c5c4CCNC6=O)cc3)CC[C@@H]12. The predicted octanol–water partition coefficient (Wildman–Crippen LogP) is 7.67. The molecule has 7 atom stereocenters. The second kappa shape index (κ2) is 14.3. The lowest BCUT2D eigenvalue weighted by Gasteiger charge is -2.60. The Morgan fingerprint density at radius 2 is 1.77 bits per heavy atom. The number of amides is 2. The second-order valence-corrected chi connectivity index (χ2v) is 16.9. The highest BCUT2D eigenvalue weighted by molar-refractivity contribution is 6.10. The Morgan fingerprint density at radius 1 is 0.942 bits per heavy atom. The summed E-state index contributed by atoms with van der Waals surface area (Å²) in [5.74, 6) is 2.64. The highest BCUT2D eigenvalue weighted by atomic mass is 19.1. The van der Waals surface area contributed by atoms with Gasteiger partial charge in [-0.3, -0.25) is 14.4 Å². The summed E-state index contributed by atoms with van der Waals surface area (Å²) in [6.45, 7) is 7.58. The fourth-order valence-corrected chi connectivity index (χ4v) is 11.4. The monoisotopic (exact) mass is 711 g/mol. The van der Waals surface area contributed by atoms with Crippen LogP contribution in [-0.2, 0) is 32.0 Å². The highest BCUT2D eigenvalue weighted by Crippen LogP contribution is 2.66. The minimum atomic E-state index is -0.443. The van der Waals surface area contributed by atoms with Crippen molar-refractivity contribution in [2.24, 2.45) is 34.5 Å². The standard InChI is InChI=1S/C43H54FN3O5/c1-42-16-12-30(48)22-28(42)8-9-31-34-10-11-37(43(34,2)17-13-35(31)42)52-20-3-19-51-21-15-38(49)46-25-26-4-6-27(7-5-26)40-32-14-18-45-41(50)33-23-29(44)24-36(47-40)39(32)33/h4-7,23-24,28,31,34-35,37,47H,3,8-22,25H2,1-2H3,(H,45,50)(H,46,49)/t28-,31-,34-,35-,37-,42-,43-/m0/s1. The molecule has 0 radical (unpaired) electrons. The van der Waals surface area contributed by atoms with E-state index in [1.54, 1.807) is 0 Å². The van der Waals surface area contributed by atoms with Gasteiger partial charge in [0.25, 0.3) is 5.91 Å². The quantitative estimate of drug-likeness (QED) is 0.177. The molecule has 8 rings (SSSR count). The van der Waals surface area contributed by atoms with Gasteiger partial charge in [-0.1, -0.05) is 38.1 Å². The number of ether oxygens (including phenoxy) is 2. The van der Waals surface area contributed by atoms with Crippen LogP contribution in [0.3, 0.4) is 0 Å². The summed E-state index contributed by atoms with van der Waals surface area (Å²) in [5.41, 5.74) is 5.41. The maximum Gasteiger partial charge on any atom is 0.252 e. The molecule has 0 spiro atoms. The number of nitrogens with one attached hydrogen (secondary N) is 3. The third kappa shape index (κ3) is 6.50. The van der Waals surface area contributed by atoms with Gasteiger partial charge in [0.05, 0.1) is 18.3 Å². The molecule has 0 bridgehead atoms. The number of hydrogen-bond donors (Lipinski definition) is 3. The number of hydrogen-bond acceptors (Lipinski definition) is 5. The first-order valence-electron chi connectivity index (χ1n) is 19.8. The zero-order chi connectivity index (χ0) is 36.0. The Labute approximate surface area is 306 Å². The lowest BCUT2D eigenvalue weighted by molar-refractivity contribution is -0.145. The van der Waals surface area contributed by atoms with Gasteiger partial charge < -0.3 is 25.1 Å². The fraction of sp³-hybridized carbons (Fsp3) is 0.605. The molecule has 1 aromatic heterocycles. The molecule has 278 valence electrons. The molecule has 2 amide bonds. The Morgan fingerprint density at radius 3 is 2.62 bits per heavy atom. The van der Waals surface area contributed by atoms with Gasteiger partial charge in [-0.25, -0.2) is 4.39 Å². The lowest BCUT2D eigenvalue weighted by Crippen LogP contribution is -2.54. The molecule has 8 nitrogen and oxygen atoms in total. The zero-order valence-corrected chi connectivity index (χ0v) is 30.8. The molecule has 9 heteroatoms. The van der Waals surface area contributed by atoms with Crippen molar-refractivity contribution in [2.45, 2.75) is 104 Å². The van der Waals surface area contributed by atoms with Gasteiger partial charge >= 0.3 is 0 Å². The normalized spacial score (nSPS) is 31.0. The topological polar surface area (TPSA) is 110 Å². The number of Topliss-reactive ketones (excluding diaryl/α,β-unsaturated/α-hetero) is 1. The predicted molar refractivity (Wildman–Crippen MR) is 198 cm³/mol. The number of benzene rings is 2. The molecule has 1 aliphatic heterocycles. The summed E-state index contributed by atoms with van der Waals surface area (Å²) in [4.78, 5) is 40.6. The molecule has 0 unspecified atom stereocenters. The minimum Gasteiger partial charge on any atom is -0.381 e. The van der Waals surface area contributed by atoms with Crippen LogP contribution in [0, 0.1) is 40.3 Å². The summed E-state index contributed by atoms with van der Waals surface area (Å²) < 4.78 is 26.6. The summed E-state index contributed by atoms with van der Waals surface area (Å²) in [6, 6.07) is 10.7. The first-order valence-corrected chi connectivity index (χ1v) is 19.8. The number of rotatable bonds is 11.